The van der Waals surface area contributed by atoms with Crippen LogP contribution in [0.5, 0.6) is 0 Å². The number of aromatic nitrogens is 2. The molecule has 0 aliphatic heterocycles. The maximum Gasteiger partial charge on any atom is 0.320 e. The van der Waals surface area contributed by atoms with E-state index in [0.29, 0.717) is 0 Å². The van der Waals surface area contributed by atoms with E-state index in [2.05, 4.69) is 5.10 Å². The van der Waals surface area contributed by atoms with E-state index < -0.39 is 34.8 Å². The molecule has 1 aromatic carbocycles. The number of aliphatic hydroxyl groups is 1. The van der Waals surface area contributed by atoms with Crippen molar-refractivity contribution in [3.63, 3.8) is 0 Å². The van der Waals surface area contributed by atoms with Crippen LogP contribution in [0.15, 0.2) is 36.5 Å². The third kappa shape index (κ3) is 2.46. The quantitative estimate of drug-likeness (QED) is 0.473. The van der Waals surface area contributed by atoms with E-state index in [1.54, 1.807) is 7.05 Å². The van der Waals surface area contributed by atoms with Gasteiger partial charge in [0.05, 0.1) is 6.61 Å². The molecule has 1 atom stereocenters. The number of hydrogen-bond donors (Lipinski definition) is 1. The number of carbonyl (C=O) groups excluding carboxylic acids is 4. The Morgan fingerprint density at radius 3 is 2.23 bits per heavy atom. The summed E-state index contributed by atoms with van der Waals surface area (Å²) in [7, 11) is 1.56. The molecular weight excluding hydrogens is 340 g/mol. The van der Waals surface area contributed by atoms with Crippen molar-refractivity contribution in [3.05, 3.63) is 53.3 Å². The second-order valence-corrected chi connectivity index (χ2v) is 5.89. The summed E-state index contributed by atoms with van der Waals surface area (Å²) in [5.41, 5.74) is -3.09. The summed E-state index contributed by atoms with van der Waals surface area (Å²) in [6.45, 7) is 1.42. The van der Waals surface area contributed by atoms with Gasteiger partial charge in [-0.05, 0) is 13.0 Å². The molecule has 134 valence electrons. The average Bonchev–Trinajstić information content (AvgIpc) is 3.13. The minimum atomic E-state index is -2.86. The monoisotopic (exact) mass is 356 g/mol. The summed E-state index contributed by atoms with van der Waals surface area (Å²) in [5, 5.41) is 14.9. The lowest BCUT2D eigenvalue weighted by Gasteiger charge is -2.26. The van der Waals surface area contributed by atoms with E-state index in [0.717, 1.165) is 0 Å². The Hall–Kier alpha value is -3.13. The molecule has 8 nitrogen and oxygen atoms in total. The highest BCUT2D eigenvalue weighted by molar-refractivity contribution is 6.36. The zero-order valence-electron chi connectivity index (χ0n) is 14.1. The Labute approximate surface area is 148 Å². The summed E-state index contributed by atoms with van der Waals surface area (Å²) in [5.74, 6) is -6.15. The van der Waals surface area contributed by atoms with Crippen molar-refractivity contribution in [2.75, 3.05) is 6.61 Å². The Bertz CT molecular complexity index is 894. The molecule has 0 saturated heterocycles. The Kier molecular flexibility index (Phi) is 4.29. The van der Waals surface area contributed by atoms with E-state index in [-0.39, 0.29) is 23.4 Å². The minimum absolute atomic E-state index is 0.0388. The number of nitrogens with zero attached hydrogens (tertiary/aromatic N) is 2. The van der Waals surface area contributed by atoms with Crippen LogP contribution < -0.4 is 0 Å². The van der Waals surface area contributed by atoms with Crippen molar-refractivity contribution in [2.45, 2.75) is 12.5 Å². The molecule has 2 aromatic rings. The van der Waals surface area contributed by atoms with Gasteiger partial charge in [-0.3, -0.25) is 23.9 Å². The van der Waals surface area contributed by atoms with E-state index in [1.165, 1.54) is 48.1 Å². The molecule has 0 saturated carbocycles. The summed E-state index contributed by atoms with van der Waals surface area (Å²) >= 11 is 0. The van der Waals surface area contributed by atoms with Crippen LogP contribution in [0, 0.1) is 5.92 Å². The van der Waals surface area contributed by atoms with Crippen LogP contribution in [0.1, 0.15) is 38.1 Å². The second kappa shape index (κ2) is 6.30. The zero-order chi connectivity index (χ0) is 19.1. The number of ketones is 3. The van der Waals surface area contributed by atoms with Gasteiger partial charge in [-0.15, -0.1) is 0 Å². The number of aryl methyl sites for hydroxylation is 1. The summed E-state index contributed by atoms with van der Waals surface area (Å²) in [6.07, 6.45) is 1.46. The van der Waals surface area contributed by atoms with Gasteiger partial charge in [0.2, 0.25) is 23.0 Å². The molecule has 0 spiro atoms. The molecule has 0 unspecified atom stereocenters. The van der Waals surface area contributed by atoms with Crippen molar-refractivity contribution in [1.82, 2.24) is 9.78 Å². The zero-order valence-corrected chi connectivity index (χ0v) is 14.1. The molecule has 1 aliphatic carbocycles. The van der Waals surface area contributed by atoms with Crippen molar-refractivity contribution >= 4 is 23.3 Å². The Balaban J connectivity index is 2.13. The number of hydrogen-bond acceptors (Lipinski definition) is 7. The van der Waals surface area contributed by atoms with Crippen LogP contribution in [-0.4, -0.2) is 50.4 Å². The van der Waals surface area contributed by atoms with Crippen LogP contribution in [-0.2, 0) is 16.6 Å². The van der Waals surface area contributed by atoms with Gasteiger partial charge >= 0.3 is 5.97 Å². The fourth-order valence-corrected chi connectivity index (χ4v) is 3.04. The first-order chi connectivity index (χ1) is 12.3. The molecule has 0 amide bonds. The Morgan fingerprint density at radius 1 is 1.19 bits per heavy atom. The summed E-state index contributed by atoms with van der Waals surface area (Å²) < 4.78 is 6.19. The van der Waals surface area contributed by atoms with Gasteiger partial charge in [0.25, 0.3) is 0 Å². The largest absolute Gasteiger partial charge is 0.465 e. The lowest BCUT2D eigenvalue weighted by Crippen LogP contribution is -2.55. The van der Waals surface area contributed by atoms with E-state index in [9.17, 15) is 24.3 Å². The number of fused-ring (bicyclic) bond motifs is 1. The predicted octanol–water partition coefficient (Wildman–Crippen LogP) is 0.592. The highest BCUT2D eigenvalue weighted by atomic mass is 16.5. The average molecular weight is 356 g/mol. The molecule has 8 heteroatoms. The molecule has 26 heavy (non-hydrogen) atoms. The lowest BCUT2D eigenvalue weighted by atomic mass is 9.79. The number of carbonyl (C=O) groups is 4. The maximum atomic E-state index is 12.9. The minimum Gasteiger partial charge on any atom is -0.465 e. The van der Waals surface area contributed by atoms with Gasteiger partial charge in [-0.1, -0.05) is 24.3 Å². The van der Waals surface area contributed by atoms with Gasteiger partial charge in [-0.2, -0.15) is 5.10 Å². The first-order valence-electron chi connectivity index (χ1n) is 7.93. The predicted molar refractivity (Wildman–Crippen MR) is 87.7 cm³/mol. The van der Waals surface area contributed by atoms with Crippen molar-refractivity contribution in [3.8, 4) is 0 Å². The smallest absolute Gasteiger partial charge is 0.320 e. The first kappa shape index (κ1) is 17.7. The topological polar surface area (TPSA) is 116 Å². The van der Waals surface area contributed by atoms with Crippen LogP contribution in [0.4, 0.5) is 0 Å². The molecule has 1 heterocycles. The maximum absolute atomic E-state index is 12.9. The van der Waals surface area contributed by atoms with Crippen LogP contribution in [0.25, 0.3) is 0 Å². The molecule has 3 rings (SSSR count). The van der Waals surface area contributed by atoms with Crippen molar-refractivity contribution in [1.29, 1.82) is 0 Å². The van der Waals surface area contributed by atoms with Gasteiger partial charge in [0.15, 0.2) is 5.92 Å². The third-order valence-corrected chi connectivity index (χ3v) is 4.28. The number of benzene rings is 1. The molecular formula is C18H16N2O6. The van der Waals surface area contributed by atoms with Crippen LogP contribution >= 0.6 is 0 Å². The summed E-state index contributed by atoms with van der Waals surface area (Å²) in [4.78, 5) is 50.9. The molecule has 0 fully saturated rings. The lowest BCUT2D eigenvalue weighted by molar-refractivity contribution is -0.150. The number of ether oxygens (including phenoxy) is 1. The molecule has 0 radical (unpaired) electrons. The fraction of sp³-hybridized carbons (Fsp3) is 0.278. The van der Waals surface area contributed by atoms with Gasteiger partial charge in [0, 0.05) is 24.4 Å². The fourth-order valence-electron chi connectivity index (χ4n) is 3.04. The van der Waals surface area contributed by atoms with E-state index in [4.69, 9.17) is 4.74 Å². The SMILES string of the molecule is CCOC(=O)[C@H](C(=O)c1ccn(C)n1)C1(O)C(=O)c2ccccc2C1=O. The van der Waals surface area contributed by atoms with Crippen LogP contribution in [0.2, 0.25) is 0 Å². The third-order valence-electron chi connectivity index (χ3n) is 4.28. The van der Waals surface area contributed by atoms with E-state index >= 15 is 0 Å². The van der Waals surface area contributed by atoms with Gasteiger partial charge in [0.1, 0.15) is 5.69 Å². The van der Waals surface area contributed by atoms with E-state index in [1.807, 2.05) is 0 Å². The van der Waals surface area contributed by atoms with Crippen molar-refractivity contribution < 1.29 is 29.0 Å². The van der Waals surface area contributed by atoms with Crippen molar-refractivity contribution in [2.24, 2.45) is 13.0 Å². The van der Waals surface area contributed by atoms with Gasteiger partial charge in [-0.25, -0.2) is 0 Å². The molecule has 1 aliphatic rings. The van der Waals surface area contributed by atoms with Gasteiger partial charge < -0.3 is 9.84 Å². The second-order valence-electron chi connectivity index (χ2n) is 5.89. The molecule has 1 N–H and O–H groups in total. The molecule has 0 bridgehead atoms. The number of esters is 1. The summed E-state index contributed by atoms with van der Waals surface area (Å²) in [6, 6.07) is 7.10. The molecule has 1 aromatic heterocycles. The highest BCUT2D eigenvalue weighted by Gasteiger charge is 2.62. The number of rotatable bonds is 5. The standard InChI is InChI=1S/C18H16N2O6/c1-3-26-17(24)13(14(21)12-8-9-20(2)19-12)18(25)15(22)10-6-4-5-7-11(10)16(18)23/h4-9,13,25H,3H2,1-2H3/t13-/m0/s1. The normalized spacial score (nSPS) is 16.3. The highest BCUT2D eigenvalue weighted by Crippen LogP contribution is 2.37. The number of Topliss-reactive ketones (excluding diaryl/α,β-unsaturated/α-hetero) is 3. The van der Waals surface area contributed by atoms with Crippen LogP contribution in [0.3, 0.4) is 0 Å². The first-order valence-corrected chi connectivity index (χ1v) is 7.93. The Morgan fingerprint density at radius 2 is 1.77 bits per heavy atom.